The van der Waals surface area contributed by atoms with Gasteiger partial charge < -0.3 is 36.2 Å². The third-order valence-electron chi connectivity index (χ3n) is 7.60. The van der Waals surface area contributed by atoms with Gasteiger partial charge in [0.1, 0.15) is 17.1 Å². The van der Waals surface area contributed by atoms with E-state index in [1.807, 2.05) is 7.05 Å². The van der Waals surface area contributed by atoms with Crippen LogP contribution in [0.15, 0.2) is 24.4 Å². The Bertz CT molecular complexity index is 1240. The largest absolute Gasteiger partial charge is 0.495 e. The number of hydrogen-bond donors (Lipinski definition) is 5. The molecule has 0 unspecified atom stereocenters. The first kappa shape index (κ1) is 31.1. The molecule has 14 heteroatoms. The molecule has 2 heterocycles. The van der Waals surface area contributed by atoms with Crippen molar-refractivity contribution in [1.29, 1.82) is 0 Å². The summed E-state index contributed by atoms with van der Waals surface area (Å²) in [6.45, 7) is 4.04. The summed E-state index contributed by atoms with van der Waals surface area (Å²) in [5.41, 5.74) is -0.231. The summed E-state index contributed by atoms with van der Waals surface area (Å²) in [6.07, 6.45) is 0.606. The highest BCUT2D eigenvalue weighted by Gasteiger charge is 2.37. The van der Waals surface area contributed by atoms with Gasteiger partial charge in [0.15, 0.2) is 0 Å². The second kappa shape index (κ2) is 13.9. The SMILES string of the molecule is CCNC(=O)N[C@@H]1CCCC[C@H]1Nc1nc(Nc2ccc(C(=O)NC3CCN(C)CC3)cc2OC)ncc1C(F)(F)F. The second-order valence-electron chi connectivity index (χ2n) is 10.7. The van der Waals surface area contributed by atoms with E-state index in [9.17, 15) is 22.8 Å². The Morgan fingerprint density at radius 3 is 2.45 bits per heavy atom. The molecule has 0 radical (unpaired) electrons. The zero-order valence-electron chi connectivity index (χ0n) is 24.1. The Morgan fingerprint density at radius 2 is 1.79 bits per heavy atom. The number of methoxy groups -OCH3 is 1. The van der Waals surface area contributed by atoms with Crippen molar-refractivity contribution >= 4 is 29.4 Å². The number of aromatic nitrogens is 2. The fourth-order valence-corrected chi connectivity index (χ4v) is 5.27. The molecule has 5 N–H and O–H groups in total. The molecule has 2 aromatic rings. The van der Waals surface area contributed by atoms with Gasteiger partial charge in [-0.25, -0.2) is 9.78 Å². The highest BCUT2D eigenvalue weighted by molar-refractivity contribution is 5.95. The summed E-state index contributed by atoms with van der Waals surface area (Å²) in [6, 6.07) is 3.67. The van der Waals surface area contributed by atoms with Crippen LogP contribution in [0, 0.1) is 0 Å². The van der Waals surface area contributed by atoms with Crippen molar-refractivity contribution in [3.8, 4) is 5.75 Å². The number of piperidine rings is 1. The number of nitrogens with one attached hydrogen (secondary N) is 5. The molecule has 1 aromatic heterocycles. The van der Waals surface area contributed by atoms with Gasteiger partial charge in [0, 0.05) is 30.4 Å². The van der Waals surface area contributed by atoms with Crippen LogP contribution in [-0.2, 0) is 6.18 Å². The summed E-state index contributed by atoms with van der Waals surface area (Å²) in [4.78, 5) is 35.3. The molecule has 1 aliphatic heterocycles. The summed E-state index contributed by atoms with van der Waals surface area (Å²) >= 11 is 0. The van der Waals surface area contributed by atoms with Gasteiger partial charge in [0.25, 0.3) is 5.91 Å². The van der Waals surface area contributed by atoms with E-state index in [-0.39, 0.29) is 35.8 Å². The van der Waals surface area contributed by atoms with Gasteiger partial charge in [0.2, 0.25) is 5.95 Å². The molecule has 2 aliphatic rings. The lowest BCUT2D eigenvalue weighted by Crippen LogP contribution is -2.51. The predicted molar refractivity (Wildman–Crippen MR) is 153 cm³/mol. The van der Waals surface area contributed by atoms with Crippen molar-refractivity contribution < 1.29 is 27.5 Å². The van der Waals surface area contributed by atoms with Gasteiger partial charge in [-0.05, 0) is 70.9 Å². The third kappa shape index (κ3) is 8.14. The van der Waals surface area contributed by atoms with Gasteiger partial charge >= 0.3 is 12.2 Å². The molecule has 1 aliphatic carbocycles. The maximum atomic E-state index is 13.9. The Labute approximate surface area is 243 Å². The summed E-state index contributed by atoms with van der Waals surface area (Å²) in [5, 5.41) is 14.4. The fourth-order valence-electron chi connectivity index (χ4n) is 5.27. The van der Waals surface area contributed by atoms with Crippen molar-refractivity contribution in [2.45, 2.75) is 69.8 Å². The van der Waals surface area contributed by atoms with Crippen LogP contribution in [0.3, 0.4) is 0 Å². The number of ether oxygens (including phenoxy) is 1. The van der Waals surface area contributed by atoms with Gasteiger partial charge in [-0.15, -0.1) is 0 Å². The monoisotopic (exact) mass is 592 g/mol. The van der Waals surface area contributed by atoms with E-state index in [2.05, 4.69) is 41.5 Å². The van der Waals surface area contributed by atoms with E-state index in [4.69, 9.17) is 4.74 Å². The first-order chi connectivity index (χ1) is 20.1. The van der Waals surface area contributed by atoms with E-state index >= 15 is 0 Å². The van der Waals surface area contributed by atoms with Crippen LogP contribution >= 0.6 is 0 Å². The first-order valence-corrected chi connectivity index (χ1v) is 14.3. The Kier molecular flexibility index (Phi) is 10.3. The first-order valence-electron chi connectivity index (χ1n) is 14.3. The smallest absolute Gasteiger partial charge is 0.421 e. The molecule has 11 nitrogen and oxygen atoms in total. The third-order valence-corrected chi connectivity index (χ3v) is 7.60. The molecule has 42 heavy (non-hydrogen) atoms. The number of carbonyl (C=O) groups excluding carboxylic acids is 2. The van der Waals surface area contributed by atoms with Gasteiger partial charge in [-0.2, -0.15) is 18.2 Å². The molecule has 0 bridgehead atoms. The van der Waals surface area contributed by atoms with Crippen LogP contribution in [0.1, 0.15) is 61.4 Å². The molecule has 1 saturated carbocycles. The molecule has 4 rings (SSSR count). The molecule has 1 saturated heterocycles. The fraction of sp³-hybridized carbons (Fsp3) is 0.571. The number of likely N-dealkylation sites (tertiary alicyclic amines) is 1. The molecule has 230 valence electrons. The molecule has 2 atom stereocenters. The Morgan fingerprint density at radius 1 is 1.07 bits per heavy atom. The van der Waals surface area contributed by atoms with Gasteiger partial charge in [0.05, 0.1) is 18.8 Å². The standard InChI is InChI=1S/C28H39F3N8O3/c1-4-32-27(41)37-21-8-6-5-7-20(21)35-24-19(28(29,30)31)16-33-26(38-24)36-22-10-9-17(15-23(22)42-3)25(40)34-18-11-13-39(2)14-12-18/h9-10,15-16,18,20-21H,4-8,11-14H2,1-3H3,(H,34,40)(H2,32,37,41)(H2,33,35,36,38)/t20-,21-/m1/s1. The summed E-state index contributed by atoms with van der Waals surface area (Å²) in [7, 11) is 3.48. The van der Waals surface area contributed by atoms with Crippen LogP contribution in [0.5, 0.6) is 5.75 Å². The van der Waals surface area contributed by atoms with Crippen LogP contribution in [-0.4, -0.2) is 78.7 Å². The Balaban J connectivity index is 1.52. The van der Waals surface area contributed by atoms with Crippen LogP contribution in [0.4, 0.5) is 35.4 Å². The number of hydrogen-bond acceptors (Lipinski definition) is 8. The number of amides is 3. The molecule has 1 aromatic carbocycles. The second-order valence-corrected chi connectivity index (χ2v) is 10.7. The predicted octanol–water partition coefficient (Wildman–Crippen LogP) is 4.11. The zero-order valence-corrected chi connectivity index (χ0v) is 24.1. The highest BCUT2D eigenvalue weighted by Crippen LogP contribution is 2.36. The van der Waals surface area contributed by atoms with Crippen LogP contribution in [0.2, 0.25) is 0 Å². The van der Waals surface area contributed by atoms with E-state index in [0.29, 0.717) is 36.4 Å². The maximum absolute atomic E-state index is 13.9. The summed E-state index contributed by atoms with van der Waals surface area (Å²) < 4.78 is 47.2. The topological polar surface area (TPSA) is 133 Å². The number of urea groups is 1. The highest BCUT2D eigenvalue weighted by atomic mass is 19.4. The Hall–Kier alpha value is -3.81. The molecule has 3 amide bonds. The minimum atomic E-state index is -4.70. The lowest BCUT2D eigenvalue weighted by atomic mass is 9.90. The molecule has 0 spiro atoms. The molecular formula is C28H39F3N8O3. The van der Waals surface area contributed by atoms with Crippen molar-refractivity contribution in [1.82, 2.24) is 30.8 Å². The quantitative estimate of drug-likeness (QED) is 0.294. The number of nitrogens with zero attached hydrogens (tertiary/aromatic N) is 3. The van der Waals surface area contributed by atoms with Crippen molar-refractivity contribution in [2.24, 2.45) is 0 Å². The van der Waals surface area contributed by atoms with Crippen LogP contribution in [0.25, 0.3) is 0 Å². The van der Waals surface area contributed by atoms with Crippen molar-refractivity contribution in [2.75, 3.05) is 44.4 Å². The molecular weight excluding hydrogens is 553 g/mol. The van der Waals surface area contributed by atoms with Gasteiger partial charge in [-0.3, -0.25) is 4.79 Å². The summed E-state index contributed by atoms with van der Waals surface area (Å²) in [5.74, 6) is -0.392. The average Bonchev–Trinajstić information content (AvgIpc) is 2.95. The lowest BCUT2D eigenvalue weighted by Gasteiger charge is -2.33. The lowest BCUT2D eigenvalue weighted by molar-refractivity contribution is -0.137. The van der Waals surface area contributed by atoms with E-state index in [1.54, 1.807) is 25.1 Å². The number of benzene rings is 1. The number of anilines is 3. The maximum Gasteiger partial charge on any atom is 0.421 e. The van der Waals surface area contributed by atoms with E-state index < -0.39 is 17.8 Å². The number of alkyl halides is 3. The minimum absolute atomic E-state index is 0.0867. The zero-order chi connectivity index (χ0) is 30.3. The molecule has 2 fully saturated rings. The van der Waals surface area contributed by atoms with Crippen LogP contribution < -0.4 is 31.3 Å². The normalized spacial score (nSPS) is 20.0. The minimum Gasteiger partial charge on any atom is -0.495 e. The van der Waals surface area contributed by atoms with E-state index in [0.717, 1.165) is 45.0 Å². The number of halogens is 3. The van der Waals surface area contributed by atoms with Crippen molar-refractivity contribution in [3.05, 3.63) is 35.5 Å². The number of rotatable bonds is 9. The van der Waals surface area contributed by atoms with Gasteiger partial charge in [-0.1, -0.05) is 12.8 Å². The van der Waals surface area contributed by atoms with E-state index in [1.165, 1.54) is 7.11 Å². The average molecular weight is 593 g/mol. The van der Waals surface area contributed by atoms with Crippen molar-refractivity contribution in [3.63, 3.8) is 0 Å². The number of carbonyl (C=O) groups is 2.